The molecule has 1 aliphatic rings. The van der Waals surface area contributed by atoms with Gasteiger partial charge in [-0.25, -0.2) is 0 Å². The van der Waals surface area contributed by atoms with E-state index in [0.717, 1.165) is 24.8 Å². The van der Waals surface area contributed by atoms with E-state index in [1.165, 1.54) is 0 Å². The summed E-state index contributed by atoms with van der Waals surface area (Å²) in [6.07, 6.45) is 4.17. The Balaban J connectivity index is 2.51. The second-order valence-corrected chi connectivity index (χ2v) is 6.23. The number of carbonyl (C=O) groups is 1. The zero-order valence-electron chi connectivity index (χ0n) is 11.2. The van der Waals surface area contributed by atoms with Crippen molar-refractivity contribution >= 4 is 29.1 Å². The predicted octanol–water partition coefficient (Wildman–Crippen LogP) is 3.29. The van der Waals surface area contributed by atoms with Crippen molar-refractivity contribution in [2.45, 2.75) is 37.5 Å². The van der Waals surface area contributed by atoms with Crippen molar-refractivity contribution in [1.82, 2.24) is 0 Å². The van der Waals surface area contributed by atoms with Crippen LogP contribution in [0.3, 0.4) is 0 Å². The van der Waals surface area contributed by atoms with Crippen LogP contribution in [0, 0.1) is 5.92 Å². The highest BCUT2D eigenvalue weighted by atomic mass is 35.5. The molecule has 1 amide bonds. The highest BCUT2D eigenvalue weighted by molar-refractivity contribution is 6.42. The van der Waals surface area contributed by atoms with Crippen molar-refractivity contribution in [2.75, 3.05) is 6.61 Å². The number of hydrogen-bond acceptors (Lipinski definition) is 2. The molecule has 0 spiro atoms. The van der Waals surface area contributed by atoms with Gasteiger partial charge in [-0.2, -0.15) is 0 Å². The van der Waals surface area contributed by atoms with E-state index in [0.29, 0.717) is 22.9 Å². The van der Waals surface area contributed by atoms with E-state index in [9.17, 15) is 9.90 Å². The van der Waals surface area contributed by atoms with E-state index in [1.807, 2.05) is 6.07 Å². The molecule has 0 bridgehead atoms. The summed E-state index contributed by atoms with van der Waals surface area (Å²) in [5, 5.41) is 10.2. The van der Waals surface area contributed by atoms with Crippen LogP contribution in [0.1, 0.15) is 37.7 Å². The van der Waals surface area contributed by atoms with Crippen LogP contribution in [-0.2, 0) is 10.2 Å². The summed E-state index contributed by atoms with van der Waals surface area (Å²) < 4.78 is 0. The Morgan fingerprint density at radius 3 is 2.70 bits per heavy atom. The van der Waals surface area contributed by atoms with E-state index in [4.69, 9.17) is 28.9 Å². The maximum absolute atomic E-state index is 12.2. The molecular formula is C15H19Cl2NO2. The topological polar surface area (TPSA) is 63.3 Å². The molecule has 2 rings (SSSR count). The second kappa shape index (κ2) is 6.33. The molecular weight excluding hydrogens is 297 g/mol. The fourth-order valence-corrected chi connectivity index (χ4v) is 3.71. The van der Waals surface area contributed by atoms with Crippen molar-refractivity contribution in [3.8, 4) is 0 Å². The number of primary amides is 1. The minimum atomic E-state index is -0.741. The van der Waals surface area contributed by atoms with Gasteiger partial charge in [0.25, 0.3) is 0 Å². The molecule has 0 radical (unpaired) electrons. The van der Waals surface area contributed by atoms with Crippen LogP contribution in [0.4, 0.5) is 0 Å². The van der Waals surface area contributed by atoms with Gasteiger partial charge in [0, 0.05) is 6.61 Å². The number of aliphatic hydroxyl groups is 1. The Hall–Kier alpha value is -0.770. The van der Waals surface area contributed by atoms with E-state index in [-0.39, 0.29) is 18.4 Å². The molecule has 3 nitrogen and oxygen atoms in total. The Labute approximate surface area is 129 Å². The highest BCUT2D eigenvalue weighted by Crippen LogP contribution is 2.46. The molecule has 1 aliphatic carbocycles. The van der Waals surface area contributed by atoms with Gasteiger partial charge in [-0.15, -0.1) is 0 Å². The summed E-state index contributed by atoms with van der Waals surface area (Å²) in [6, 6.07) is 5.27. The van der Waals surface area contributed by atoms with Crippen molar-refractivity contribution in [3.05, 3.63) is 33.8 Å². The van der Waals surface area contributed by atoms with Gasteiger partial charge in [-0.05, 0) is 42.9 Å². The van der Waals surface area contributed by atoms with Crippen LogP contribution in [0.25, 0.3) is 0 Å². The molecule has 5 heteroatoms. The molecule has 1 saturated carbocycles. The average molecular weight is 316 g/mol. The van der Waals surface area contributed by atoms with Crippen molar-refractivity contribution in [1.29, 1.82) is 0 Å². The lowest BCUT2D eigenvalue weighted by molar-refractivity contribution is -0.127. The smallest absolute Gasteiger partial charge is 0.228 e. The SMILES string of the molecule is NC(=O)C1(c2ccc(Cl)c(Cl)c2)CCCCC1CCO. The lowest BCUT2D eigenvalue weighted by atomic mass is 9.61. The zero-order valence-corrected chi connectivity index (χ0v) is 12.8. The molecule has 0 heterocycles. The monoisotopic (exact) mass is 315 g/mol. The van der Waals surface area contributed by atoms with Crippen molar-refractivity contribution in [2.24, 2.45) is 11.7 Å². The first-order chi connectivity index (χ1) is 9.52. The molecule has 20 heavy (non-hydrogen) atoms. The van der Waals surface area contributed by atoms with Crippen LogP contribution in [0.2, 0.25) is 10.0 Å². The maximum Gasteiger partial charge on any atom is 0.228 e. The number of carbonyl (C=O) groups excluding carboxylic acids is 1. The first-order valence-corrected chi connectivity index (χ1v) is 7.64. The number of benzene rings is 1. The van der Waals surface area contributed by atoms with Crippen LogP contribution in [0.5, 0.6) is 0 Å². The summed E-state index contributed by atoms with van der Waals surface area (Å²) in [6.45, 7) is 0.0566. The third-order valence-corrected chi connectivity index (χ3v) is 5.16. The number of halogens is 2. The van der Waals surface area contributed by atoms with Crippen molar-refractivity contribution < 1.29 is 9.90 Å². The van der Waals surface area contributed by atoms with E-state index in [2.05, 4.69) is 0 Å². The van der Waals surface area contributed by atoms with E-state index in [1.54, 1.807) is 12.1 Å². The number of rotatable bonds is 4. The second-order valence-electron chi connectivity index (χ2n) is 5.42. The predicted molar refractivity (Wildman–Crippen MR) is 81.0 cm³/mol. The van der Waals surface area contributed by atoms with Gasteiger partial charge in [0.2, 0.25) is 5.91 Å². The molecule has 1 aromatic rings. The van der Waals surface area contributed by atoms with Crippen LogP contribution in [0.15, 0.2) is 18.2 Å². The van der Waals surface area contributed by atoms with E-state index >= 15 is 0 Å². The summed E-state index contributed by atoms with van der Waals surface area (Å²) in [7, 11) is 0. The first kappa shape index (κ1) is 15.6. The Morgan fingerprint density at radius 2 is 2.10 bits per heavy atom. The zero-order chi connectivity index (χ0) is 14.8. The molecule has 0 saturated heterocycles. The number of amides is 1. The molecule has 1 aromatic carbocycles. The van der Waals surface area contributed by atoms with Gasteiger partial charge in [-0.3, -0.25) is 4.79 Å². The normalized spacial score (nSPS) is 26.4. The summed E-state index contributed by atoms with van der Waals surface area (Å²) in [4.78, 5) is 12.2. The summed E-state index contributed by atoms with van der Waals surface area (Å²) in [5.74, 6) is -0.287. The quantitative estimate of drug-likeness (QED) is 0.895. The molecule has 1 fully saturated rings. The number of hydrogen-bond donors (Lipinski definition) is 2. The van der Waals surface area contributed by atoms with Crippen molar-refractivity contribution in [3.63, 3.8) is 0 Å². The third kappa shape index (κ3) is 2.67. The van der Waals surface area contributed by atoms with Gasteiger partial charge >= 0.3 is 0 Å². The number of nitrogens with two attached hydrogens (primary N) is 1. The average Bonchev–Trinajstić information content (AvgIpc) is 2.43. The molecule has 0 aromatic heterocycles. The minimum Gasteiger partial charge on any atom is -0.396 e. The standard InChI is InChI=1S/C15H19Cl2NO2/c16-12-5-4-11(9-13(12)17)15(14(18)20)7-2-1-3-10(15)6-8-19/h4-5,9-10,19H,1-3,6-8H2,(H2,18,20). The van der Waals surface area contributed by atoms with Crippen LogP contribution < -0.4 is 5.73 Å². The molecule has 2 atom stereocenters. The largest absolute Gasteiger partial charge is 0.396 e. The van der Waals surface area contributed by atoms with Gasteiger partial charge in [0.05, 0.1) is 15.5 Å². The number of aliphatic hydroxyl groups excluding tert-OH is 1. The fourth-order valence-electron chi connectivity index (χ4n) is 3.41. The lowest BCUT2D eigenvalue weighted by Gasteiger charge is -2.42. The Morgan fingerprint density at radius 1 is 1.35 bits per heavy atom. The molecule has 110 valence electrons. The Bertz CT molecular complexity index is 505. The van der Waals surface area contributed by atoms with Gasteiger partial charge in [0.15, 0.2) is 0 Å². The van der Waals surface area contributed by atoms with Gasteiger partial charge in [-0.1, -0.05) is 42.1 Å². The van der Waals surface area contributed by atoms with Crippen LogP contribution >= 0.6 is 23.2 Å². The maximum atomic E-state index is 12.2. The fraction of sp³-hybridized carbons (Fsp3) is 0.533. The summed E-state index contributed by atoms with van der Waals surface area (Å²) in [5.41, 5.74) is 5.82. The highest BCUT2D eigenvalue weighted by Gasteiger charge is 2.46. The minimum absolute atomic E-state index is 0.0518. The van der Waals surface area contributed by atoms with Gasteiger partial charge < -0.3 is 10.8 Å². The molecule has 0 aliphatic heterocycles. The Kier molecular flexibility index (Phi) is 4.95. The lowest BCUT2D eigenvalue weighted by Crippen LogP contribution is -2.49. The third-order valence-electron chi connectivity index (χ3n) is 4.42. The van der Waals surface area contributed by atoms with Gasteiger partial charge in [0.1, 0.15) is 0 Å². The van der Waals surface area contributed by atoms with E-state index < -0.39 is 5.41 Å². The molecule has 3 N–H and O–H groups in total. The van der Waals surface area contributed by atoms with Crippen LogP contribution in [-0.4, -0.2) is 17.6 Å². The first-order valence-electron chi connectivity index (χ1n) is 6.88. The molecule has 2 unspecified atom stereocenters. The summed E-state index contributed by atoms with van der Waals surface area (Å²) >= 11 is 12.0.